The van der Waals surface area contributed by atoms with Gasteiger partial charge in [-0.3, -0.25) is 0 Å². The lowest BCUT2D eigenvalue weighted by Gasteiger charge is -2.05. The van der Waals surface area contributed by atoms with Crippen LogP contribution < -0.4 is 0 Å². The summed E-state index contributed by atoms with van der Waals surface area (Å²) < 4.78 is 48.4. The van der Waals surface area contributed by atoms with Crippen LogP contribution in [0.5, 0.6) is 0 Å². The zero-order valence-corrected chi connectivity index (χ0v) is 15.9. The molecule has 1 heterocycles. The smallest absolute Gasteiger partial charge is 0.416 e. The monoisotopic (exact) mass is 431 g/mol. The van der Waals surface area contributed by atoms with E-state index in [1.807, 2.05) is 0 Å². The Kier molecular flexibility index (Phi) is 8.38. The summed E-state index contributed by atoms with van der Waals surface area (Å²) in [6, 6.07) is 4.91. The maximum absolute atomic E-state index is 12.5. The van der Waals surface area contributed by atoms with E-state index in [0.717, 1.165) is 30.3 Å². The lowest BCUT2D eigenvalue weighted by atomic mass is 10.1. The molecule has 0 aliphatic heterocycles. The third-order valence-electron chi connectivity index (χ3n) is 3.65. The van der Waals surface area contributed by atoms with Crippen molar-refractivity contribution in [2.45, 2.75) is 38.5 Å². The summed E-state index contributed by atoms with van der Waals surface area (Å²) in [4.78, 5) is 4.26. The zero-order valence-electron chi connectivity index (χ0n) is 14.3. The number of nitrogens with zero attached hydrogens (tertiary/aromatic N) is 1. The average Bonchev–Trinajstić information content (AvgIpc) is 3.07. The second kappa shape index (κ2) is 10.5. The summed E-state index contributed by atoms with van der Waals surface area (Å²) in [6.45, 7) is 1.07. The van der Waals surface area contributed by atoms with Crippen molar-refractivity contribution < 1.29 is 22.3 Å². The average molecular weight is 432 g/mol. The molecule has 2 rings (SSSR count). The van der Waals surface area contributed by atoms with Gasteiger partial charge in [0, 0.05) is 18.0 Å². The molecule has 0 amide bonds. The van der Waals surface area contributed by atoms with Crippen LogP contribution in [0, 0.1) is 0 Å². The number of hydrogen-bond donors (Lipinski definition) is 0. The van der Waals surface area contributed by atoms with E-state index < -0.39 is 11.7 Å². The van der Waals surface area contributed by atoms with Gasteiger partial charge >= 0.3 is 6.18 Å². The minimum Gasteiger partial charge on any atom is -0.445 e. The van der Waals surface area contributed by atoms with Gasteiger partial charge in [0.2, 0.25) is 5.89 Å². The molecule has 0 aliphatic carbocycles. The second-order valence-electron chi connectivity index (χ2n) is 5.79. The molecule has 0 fully saturated rings. The lowest BCUT2D eigenvalue weighted by molar-refractivity contribution is -0.137. The molecule has 0 aliphatic rings. The molecule has 0 bridgehead atoms. The fourth-order valence-electron chi connectivity index (χ4n) is 2.25. The number of unbranched alkanes of at least 4 members (excludes halogenated alkanes) is 3. The summed E-state index contributed by atoms with van der Waals surface area (Å²) in [5, 5.41) is 1.04. The van der Waals surface area contributed by atoms with E-state index in [0.29, 0.717) is 30.4 Å². The molecular formula is C19H21BrF3NO2. The summed E-state index contributed by atoms with van der Waals surface area (Å²) >= 11 is 3.40. The van der Waals surface area contributed by atoms with Gasteiger partial charge in [0.25, 0.3) is 0 Å². The normalized spacial score (nSPS) is 12.2. The Labute approximate surface area is 159 Å². The topological polar surface area (TPSA) is 35.3 Å². The first-order valence-electron chi connectivity index (χ1n) is 8.42. The molecule has 0 spiro atoms. The van der Waals surface area contributed by atoms with Crippen LogP contribution in [-0.4, -0.2) is 16.9 Å². The fourth-order valence-corrected chi connectivity index (χ4v) is 2.64. The molecule has 3 nitrogen and oxygen atoms in total. The Morgan fingerprint density at radius 2 is 1.77 bits per heavy atom. The first kappa shape index (κ1) is 20.7. The van der Waals surface area contributed by atoms with Crippen LogP contribution in [0.15, 0.2) is 34.9 Å². The molecule has 26 heavy (non-hydrogen) atoms. The molecule has 0 unspecified atom stereocenters. The molecule has 142 valence electrons. The van der Waals surface area contributed by atoms with Gasteiger partial charge in [-0.1, -0.05) is 40.9 Å². The van der Waals surface area contributed by atoms with Gasteiger partial charge in [-0.2, -0.15) is 13.2 Å². The molecule has 7 heteroatoms. The van der Waals surface area contributed by atoms with E-state index in [4.69, 9.17) is 9.15 Å². The van der Waals surface area contributed by atoms with E-state index in [1.54, 1.807) is 12.2 Å². The highest BCUT2D eigenvalue weighted by Crippen LogP contribution is 2.29. The van der Waals surface area contributed by atoms with Crippen molar-refractivity contribution >= 4 is 28.1 Å². The lowest BCUT2D eigenvalue weighted by Crippen LogP contribution is -2.03. The number of hydrogen-bond acceptors (Lipinski definition) is 3. The van der Waals surface area contributed by atoms with Gasteiger partial charge < -0.3 is 9.15 Å². The van der Waals surface area contributed by atoms with Crippen LogP contribution in [-0.2, 0) is 17.5 Å². The number of aromatic nitrogens is 1. The number of benzene rings is 1. The molecular weight excluding hydrogens is 411 g/mol. The minimum atomic E-state index is -4.33. The second-order valence-corrected chi connectivity index (χ2v) is 6.58. The highest BCUT2D eigenvalue weighted by Gasteiger charge is 2.29. The predicted octanol–water partition coefficient (Wildman–Crippen LogP) is 6.34. The van der Waals surface area contributed by atoms with E-state index in [-0.39, 0.29) is 0 Å². The van der Waals surface area contributed by atoms with Crippen LogP contribution >= 0.6 is 15.9 Å². The van der Waals surface area contributed by atoms with Crippen molar-refractivity contribution in [2.24, 2.45) is 0 Å². The Balaban J connectivity index is 1.76. The number of alkyl halides is 4. The molecule has 1 aromatic heterocycles. The summed E-state index contributed by atoms with van der Waals surface area (Å²) in [6.07, 6.45) is 5.00. The Hall–Kier alpha value is -1.60. The molecule has 2 aromatic rings. The number of oxazole rings is 1. The van der Waals surface area contributed by atoms with Gasteiger partial charge in [0.15, 0.2) is 0 Å². The van der Waals surface area contributed by atoms with Crippen LogP contribution in [0.1, 0.15) is 48.4 Å². The zero-order chi connectivity index (χ0) is 18.8. The molecule has 1 aromatic carbocycles. The van der Waals surface area contributed by atoms with E-state index in [2.05, 4.69) is 20.9 Å². The minimum absolute atomic E-state index is 0.385. The molecule has 0 radical (unpaired) electrons. The van der Waals surface area contributed by atoms with Crippen molar-refractivity contribution in [1.82, 2.24) is 4.98 Å². The van der Waals surface area contributed by atoms with E-state index in [9.17, 15) is 13.2 Å². The number of rotatable bonds is 10. The molecule has 0 saturated carbocycles. The number of halogens is 4. The van der Waals surface area contributed by atoms with Crippen LogP contribution in [0.3, 0.4) is 0 Å². The van der Waals surface area contributed by atoms with Crippen LogP contribution in [0.4, 0.5) is 13.2 Å². The molecule has 0 N–H and O–H groups in total. The molecule has 0 atom stereocenters. The highest BCUT2D eigenvalue weighted by atomic mass is 79.9. The Morgan fingerprint density at radius 1 is 1.04 bits per heavy atom. The Bertz CT molecular complexity index is 681. The fraction of sp³-hybridized carbons (Fsp3) is 0.421. The highest BCUT2D eigenvalue weighted by molar-refractivity contribution is 9.09. The van der Waals surface area contributed by atoms with Gasteiger partial charge in [0.05, 0.1) is 12.2 Å². The largest absolute Gasteiger partial charge is 0.445 e. The quantitative estimate of drug-likeness (QED) is 0.325. The summed E-state index contributed by atoms with van der Waals surface area (Å²) in [5.41, 5.74) is 0.660. The maximum atomic E-state index is 12.5. The summed E-state index contributed by atoms with van der Waals surface area (Å²) in [5.74, 6) is 0.390. The Morgan fingerprint density at radius 3 is 2.46 bits per heavy atom. The molecule has 0 saturated heterocycles. The van der Waals surface area contributed by atoms with E-state index in [1.165, 1.54) is 31.2 Å². The van der Waals surface area contributed by atoms with Gasteiger partial charge in [-0.25, -0.2) is 4.98 Å². The third kappa shape index (κ3) is 7.33. The van der Waals surface area contributed by atoms with Crippen molar-refractivity contribution in [3.63, 3.8) is 0 Å². The van der Waals surface area contributed by atoms with Gasteiger partial charge in [0.1, 0.15) is 12.0 Å². The first-order chi connectivity index (χ1) is 12.5. The first-order valence-corrected chi connectivity index (χ1v) is 9.54. The van der Waals surface area contributed by atoms with E-state index >= 15 is 0 Å². The standard InChI is InChI=1S/C19H21BrF3NO2/c20-11-3-1-2-4-12-25-13-17-14-26-18(24-17)10-7-15-5-8-16(9-6-15)19(21,22)23/h5-10,14H,1-4,11-13H2/b10-7+. The van der Waals surface area contributed by atoms with Crippen molar-refractivity contribution in [3.8, 4) is 0 Å². The van der Waals surface area contributed by atoms with Gasteiger partial charge in [-0.15, -0.1) is 0 Å². The van der Waals surface area contributed by atoms with Crippen molar-refractivity contribution in [2.75, 3.05) is 11.9 Å². The van der Waals surface area contributed by atoms with Crippen LogP contribution in [0.25, 0.3) is 12.2 Å². The van der Waals surface area contributed by atoms with Crippen molar-refractivity contribution in [3.05, 3.63) is 53.2 Å². The van der Waals surface area contributed by atoms with Crippen molar-refractivity contribution in [1.29, 1.82) is 0 Å². The SMILES string of the molecule is FC(F)(F)c1ccc(/C=C/c2nc(COCCCCCCBr)co2)cc1. The number of ether oxygens (including phenoxy) is 1. The summed E-state index contributed by atoms with van der Waals surface area (Å²) in [7, 11) is 0. The third-order valence-corrected chi connectivity index (χ3v) is 4.21. The van der Waals surface area contributed by atoms with Gasteiger partial charge in [-0.05, 0) is 36.6 Å². The maximum Gasteiger partial charge on any atom is 0.416 e. The predicted molar refractivity (Wildman–Crippen MR) is 98.8 cm³/mol. The van der Waals surface area contributed by atoms with Crippen LogP contribution in [0.2, 0.25) is 0 Å².